The molecule has 1 aromatic heterocycles. The second-order valence-electron chi connectivity index (χ2n) is 5.00. The summed E-state index contributed by atoms with van der Waals surface area (Å²) in [4.78, 5) is 12.7. The molecule has 100 valence electrons. The fraction of sp³-hybridized carbons (Fsp3) is 0.692. The molecule has 1 saturated carbocycles. The minimum Gasteiger partial charge on any atom is -0.352 e. The van der Waals surface area contributed by atoms with Gasteiger partial charge in [0.2, 0.25) is 0 Å². The average Bonchev–Trinajstić information content (AvgIpc) is 2.92. The van der Waals surface area contributed by atoms with Crippen LogP contribution in [-0.4, -0.2) is 27.1 Å². The Morgan fingerprint density at radius 1 is 1.61 bits per heavy atom. The molecule has 1 amide bonds. The minimum atomic E-state index is 0.0120. The number of alkyl halides is 1. The lowest BCUT2D eigenvalue weighted by molar-refractivity contribution is 0.0946. The summed E-state index contributed by atoms with van der Waals surface area (Å²) in [7, 11) is 1.85. The molecule has 1 fully saturated rings. The number of carbonyl (C=O) groups excluding carboxylic acids is 1. The summed E-state index contributed by atoms with van der Waals surface area (Å²) >= 11 is 3.63. The highest BCUT2D eigenvalue weighted by molar-refractivity contribution is 9.09. The molecule has 1 aliphatic carbocycles. The van der Waals surface area contributed by atoms with E-state index in [1.54, 1.807) is 10.9 Å². The molecule has 1 N–H and O–H groups in total. The predicted octanol–water partition coefficient (Wildman–Crippen LogP) is 2.28. The van der Waals surface area contributed by atoms with Crippen molar-refractivity contribution in [1.82, 2.24) is 15.1 Å². The van der Waals surface area contributed by atoms with Crippen LogP contribution in [0, 0.1) is 5.92 Å². The van der Waals surface area contributed by atoms with Crippen LogP contribution in [0.1, 0.15) is 42.2 Å². The Morgan fingerprint density at radius 3 is 3.00 bits per heavy atom. The summed E-state index contributed by atoms with van der Waals surface area (Å²) < 4.78 is 1.71. The summed E-state index contributed by atoms with van der Waals surface area (Å²) in [6.45, 7) is 2.80. The molecule has 1 aromatic rings. The van der Waals surface area contributed by atoms with Crippen LogP contribution >= 0.6 is 15.9 Å². The molecule has 0 spiro atoms. The summed E-state index contributed by atoms with van der Waals surface area (Å²) in [5.74, 6) is 0.623. The number of carbonyl (C=O) groups is 1. The topological polar surface area (TPSA) is 46.9 Å². The molecule has 2 atom stereocenters. The Kier molecular flexibility index (Phi) is 4.43. The van der Waals surface area contributed by atoms with Gasteiger partial charge in [-0.25, -0.2) is 0 Å². The van der Waals surface area contributed by atoms with Crippen molar-refractivity contribution in [3.05, 3.63) is 17.5 Å². The molecule has 0 aliphatic heterocycles. The summed E-state index contributed by atoms with van der Waals surface area (Å²) in [5, 5.41) is 7.33. The zero-order valence-corrected chi connectivity index (χ0v) is 12.5. The van der Waals surface area contributed by atoms with Gasteiger partial charge in [-0.2, -0.15) is 5.10 Å². The second-order valence-corrected chi connectivity index (χ2v) is 6.30. The van der Waals surface area contributed by atoms with E-state index in [9.17, 15) is 4.79 Å². The van der Waals surface area contributed by atoms with E-state index < -0.39 is 0 Å². The van der Waals surface area contributed by atoms with Crippen LogP contribution in [0.2, 0.25) is 0 Å². The van der Waals surface area contributed by atoms with Gasteiger partial charge in [0.1, 0.15) is 0 Å². The first-order valence-electron chi connectivity index (χ1n) is 6.55. The van der Waals surface area contributed by atoms with E-state index in [1.807, 2.05) is 14.0 Å². The smallest absolute Gasteiger partial charge is 0.254 e. The van der Waals surface area contributed by atoms with E-state index >= 15 is 0 Å². The lowest BCUT2D eigenvalue weighted by Crippen LogP contribution is -2.29. The molecule has 4 nitrogen and oxygen atoms in total. The van der Waals surface area contributed by atoms with E-state index in [0.717, 1.165) is 25.1 Å². The average molecular weight is 314 g/mol. The number of halogens is 1. The monoisotopic (exact) mass is 313 g/mol. The molecular formula is C13H20BrN3O. The lowest BCUT2D eigenvalue weighted by atomic mass is 10.1. The Bertz CT molecular complexity index is 430. The van der Waals surface area contributed by atoms with E-state index in [0.29, 0.717) is 16.3 Å². The normalized spacial score (nSPS) is 23.3. The van der Waals surface area contributed by atoms with Crippen LogP contribution in [0.15, 0.2) is 6.20 Å². The van der Waals surface area contributed by atoms with Gasteiger partial charge in [-0.15, -0.1) is 0 Å². The van der Waals surface area contributed by atoms with Crippen molar-refractivity contribution in [3.8, 4) is 0 Å². The maximum atomic E-state index is 12.1. The van der Waals surface area contributed by atoms with Crippen LogP contribution in [0.5, 0.6) is 0 Å². The van der Waals surface area contributed by atoms with Crippen LogP contribution in [0.25, 0.3) is 0 Å². The Balaban J connectivity index is 1.91. The summed E-state index contributed by atoms with van der Waals surface area (Å²) in [5.41, 5.74) is 1.59. The van der Waals surface area contributed by atoms with Gasteiger partial charge < -0.3 is 5.32 Å². The van der Waals surface area contributed by atoms with Crippen molar-refractivity contribution < 1.29 is 4.79 Å². The SMILES string of the molecule is CCc1nn(C)cc1C(=O)NCC1CCC(Br)C1. The summed E-state index contributed by atoms with van der Waals surface area (Å²) in [6.07, 6.45) is 6.16. The lowest BCUT2D eigenvalue weighted by Gasteiger charge is -2.10. The van der Waals surface area contributed by atoms with Gasteiger partial charge in [0, 0.05) is 24.6 Å². The molecule has 0 radical (unpaired) electrons. The van der Waals surface area contributed by atoms with Crippen molar-refractivity contribution in [3.63, 3.8) is 0 Å². The van der Waals surface area contributed by atoms with Gasteiger partial charge in [-0.05, 0) is 31.6 Å². The third-order valence-electron chi connectivity index (χ3n) is 3.51. The third-order valence-corrected chi connectivity index (χ3v) is 4.34. The highest BCUT2D eigenvalue weighted by Gasteiger charge is 2.23. The maximum absolute atomic E-state index is 12.1. The highest BCUT2D eigenvalue weighted by atomic mass is 79.9. The maximum Gasteiger partial charge on any atom is 0.254 e. The van der Waals surface area contributed by atoms with Crippen LogP contribution in [-0.2, 0) is 13.5 Å². The van der Waals surface area contributed by atoms with E-state index in [4.69, 9.17) is 0 Å². The fourth-order valence-corrected chi connectivity index (χ4v) is 3.31. The zero-order valence-electron chi connectivity index (χ0n) is 10.9. The molecule has 18 heavy (non-hydrogen) atoms. The van der Waals surface area contributed by atoms with Crippen molar-refractivity contribution in [2.75, 3.05) is 6.54 Å². The highest BCUT2D eigenvalue weighted by Crippen LogP contribution is 2.30. The number of aromatic nitrogens is 2. The number of hydrogen-bond acceptors (Lipinski definition) is 2. The molecule has 1 aliphatic rings. The second kappa shape index (κ2) is 5.87. The molecule has 5 heteroatoms. The quantitative estimate of drug-likeness (QED) is 0.867. The van der Waals surface area contributed by atoms with Gasteiger partial charge in [-0.3, -0.25) is 9.48 Å². The van der Waals surface area contributed by atoms with Crippen molar-refractivity contribution in [2.45, 2.75) is 37.4 Å². The van der Waals surface area contributed by atoms with Gasteiger partial charge >= 0.3 is 0 Å². The predicted molar refractivity (Wildman–Crippen MR) is 75.0 cm³/mol. The molecule has 2 rings (SSSR count). The third kappa shape index (κ3) is 3.13. The number of nitrogens with one attached hydrogen (secondary N) is 1. The molecule has 0 saturated heterocycles. The molecule has 0 bridgehead atoms. The number of nitrogens with zero attached hydrogens (tertiary/aromatic N) is 2. The van der Waals surface area contributed by atoms with Crippen LogP contribution < -0.4 is 5.32 Å². The van der Waals surface area contributed by atoms with Crippen LogP contribution in [0.3, 0.4) is 0 Å². The Labute approximate surface area is 116 Å². The fourth-order valence-electron chi connectivity index (χ4n) is 2.52. The minimum absolute atomic E-state index is 0.0120. The van der Waals surface area contributed by atoms with Gasteiger partial charge in [0.05, 0.1) is 11.3 Å². The Hall–Kier alpha value is -0.840. The molecule has 1 heterocycles. The van der Waals surface area contributed by atoms with Crippen molar-refractivity contribution in [1.29, 1.82) is 0 Å². The zero-order chi connectivity index (χ0) is 13.1. The largest absolute Gasteiger partial charge is 0.352 e. The van der Waals surface area contributed by atoms with Crippen molar-refractivity contribution >= 4 is 21.8 Å². The number of aryl methyl sites for hydroxylation is 2. The Morgan fingerprint density at radius 2 is 2.39 bits per heavy atom. The van der Waals surface area contributed by atoms with E-state index in [2.05, 4.69) is 26.3 Å². The van der Waals surface area contributed by atoms with Crippen LogP contribution in [0.4, 0.5) is 0 Å². The molecular weight excluding hydrogens is 294 g/mol. The van der Waals surface area contributed by atoms with Gasteiger partial charge in [-0.1, -0.05) is 22.9 Å². The first-order chi connectivity index (χ1) is 8.60. The molecule has 2 unspecified atom stereocenters. The first kappa shape index (κ1) is 13.6. The number of rotatable bonds is 4. The standard InChI is InChI=1S/C13H20BrN3O/c1-3-12-11(8-17(2)16-12)13(18)15-7-9-4-5-10(14)6-9/h8-10H,3-7H2,1-2H3,(H,15,18). The van der Waals surface area contributed by atoms with E-state index in [1.165, 1.54) is 12.8 Å². The summed E-state index contributed by atoms with van der Waals surface area (Å²) in [6, 6.07) is 0. The van der Waals surface area contributed by atoms with Gasteiger partial charge in [0.15, 0.2) is 0 Å². The van der Waals surface area contributed by atoms with Crippen molar-refractivity contribution in [2.24, 2.45) is 13.0 Å². The van der Waals surface area contributed by atoms with E-state index in [-0.39, 0.29) is 5.91 Å². The first-order valence-corrected chi connectivity index (χ1v) is 7.46. The number of hydrogen-bond donors (Lipinski definition) is 1. The number of amides is 1. The molecule has 0 aromatic carbocycles. The van der Waals surface area contributed by atoms with Gasteiger partial charge in [0.25, 0.3) is 5.91 Å².